The van der Waals surface area contributed by atoms with Crippen molar-refractivity contribution in [2.45, 2.75) is 32.2 Å². The molecule has 0 amide bonds. The molecule has 88 valence electrons. The monoisotopic (exact) mass is 283 g/mol. The topological polar surface area (TPSA) is 35.2 Å². The van der Waals surface area contributed by atoms with Crippen LogP contribution in [0.4, 0.5) is 0 Å². The normalized spacial score (nSPS) is 17.2. The summed E-state index contributed by atoms with van der Waals surface area (Å²) in [6.07, 6.45) is 3.93. The first-order chi connectivity index (χ1) is 7.66. The first kappa shape index (κ1) is 11.9. The number of halogens is 1. The van der Waals surface area contributed by atoms with Crippen LogP contribution in [-0.2, 0) is 0 Å². The Morgan fingerprint density at radius 3 is 2.88 bits per heavy atom. The minimum atomic E-state index is 0.00780. The van der Waals surface area contributed by atoms with E-state index in [1.165, 1.54) is 19.3 Å². The van der Waals surface area contributed by atoms with Crippen molar-refractivity contribution in [1.82, 2.24) is 0 Å². The molecule has 0 aliphatic heterocycles. The molecule has 1 aromatic rings. The maximum absolute atomic E-state index is 5.93. The Morgan fingerprint density at radius 1 is 1.50 bits per heavy atom. The summed E-state index contributed by atoms with van der Waals surface area (Å²) < 4.78 is 6.85. The molecule has 0 radical (unpaired) electrons. The lowest BCUT2D eigenvalue weighted by Crippen LogP contribution is -2.09. The first-order valence-corrected chi connectivity index (χ1v) is 6.64. The molecule has 0 heterocycles. The van der Waals surface area contributed by atoms with Crippen LogP contribution in [0.25, 0.3) is 0 Å². The van der Waals surface area contributed by atoms with E-state index in [1.54, 1.807) is 0 Å². The first-order valence-electron chi connectivity index (χ1n) is 5.84. The highest BCUT2D eigenvalue weighted by atomic mass is 79.9. The Balaban J connectivity index is 1.99. The van der Waals surface area contributed by atoms with Gasteiger partial charge in [-0.05, 0) is 37.5 Å². The van der Waals surface area contributed by atoms with Crippen molar-refractivity contribution in [2.75, 3.05) is 6.61 Å². The van der Waals surface area contributed by atoms with E-state index >= 15 is 0 Å². The molecule has 2 rings (SSSR count). The van der Waals surface area contributed by atoms with Crippen molar-refractivity contribution in [3.05, 3.63) is 28.2 Å². The maximum Gasteiger partial charge on any atom is 0.124 e. The van der Waals surface area contributed by atoms with Gasteiger partial charge >= 0.3 is 0 Å². The molecule has 16 heavy (non-hydrogen) atoms. The Labute approximate surface area is 105 Å². The fourth-order valence-electron chi connectivity index (χ4n) is 1.75. The number of nitrogens with two attached hydrogens (primary N) is 1. The van der Waals surface area contributed by atoms with Gasteiger partial charge in [-0.25, -0.2) is 0 Å². The van der Waals surface area contributed by atoms with Crippen LogP contribution in [-0.4, -0.2) is 6.61 Å². The van der Waals surface area contributed by atoms with Crippen LogP contribution in [0, 0.1) is 5.92 Å². The van der Waals surface area contributed by atoms with E-state index < -0.39 is 0 Å². The van der Waals surface area contributed by atoms with Crippen LogP contribution in [0.15, 0.2) is 22.7 Å². The van der Waals surface area contributed by atoms with Gasteiger partial charge in [-0.3, -0.25) is 0 Å². The maximum atomic E-state index is 5.93. The Hall–Kier alpha value is -0.540. The zero-order chi connectivity index (χ0) is 11.5. The van der Waals surface area contributed by atoms with Crippen molar-refractivity contribution >= 4 is 15.9 Å². The number of ether oxygens (including phenoxy) is 1. The second-order valence-corrected chi connectivity index (χ2v) is 5.47. The zero-order valence-corrected chi connectivity index (χ0v) is 11.2. The van der Waals surface area contributed by atoms with E-state index in [2.05, 4.69) is 15.9 Å². The van der Waals surface area contributed by atoms with Crippen molar-refractivity contribution in [2.24, 2.45) is 11.7 Å². The summed E-state index contributed by atoms with van der Waals surface area (Å²) in [4.78, 5) is 0. The lowest BCUT2D eigenvalue weighted by molar-refractivity contribution is 0.298. The van der Waals surface area contributed by atoms with Gasteiger partial charge in [0.25, 0.3) is 0 Å². The van der Waals surface area contributed by atoms with E-state index in [0.29, 0.717) is 0 Å². The van der Waals surface area contributed by atoms with Gasteiger partial charge in [-0.2, -0.15) is 0 Å². The van der Waals surface area contributed by atoms with E-state index in [1.807, 2.05) is 25.1 Å². The Bertz CT molecular complexity index is 361. The number of hydrogen-bond acceptors (Lipinski definition) is 2. The highest BCUT2D eigenvalue weighted by Gasteiger charge is 2.21. The van der Waals surface area contributed by atoms with Crippen molar-refractivity contribution < 1.29 is 4.74 Å². The molecule has 0 unspecified atom stereocenters. The van der Waals surface area contributed by atoms with Gasteiger partial charge in [-0.1, -0.05) is 28.8 Å². The van der Waals surface area contributed by atoms with Gasteiger partial charge in [0, 0.05) is 16.1 Å². The molecule has 0 bridgehead atoms. The highest BCUT2D eigenvalue weighted by molar-refractivity contribution is 9.10. The minimum absolute atomic E-state index is 0.00780. The third kappa shape index (κ3) is 3.22. The predicted octanol–water partition coefficient (Wildman–Crippen LogP) is 3.65. The summed E-state index contributed by atoms with van der Waals surface area (Å²) in [6.45, 7) is 2.79. The third-order valence-electron chi connectivity index (χ3n) is 2.94. The summed E-state index contributed by atoms with van der Waals surface area (Å²) in [5.41, 5.74) is 7.00. The zero-order valence-electron chi connectivity index (χ0n) is 9.58. The van der Waals surface area contributed by atoms with Gasteiger partial charge in [0.15, 0.2) is 0 Å². The molecule has 1 fully saturated rings. The average molecular weight is 284 g/mol. The lowest BCUT2D eigenvalue weighted by atomic mass is 10.1. The fraction of sp³-hybridized carbons (Fsp3) is 0.538. The van der Waals surface area contributed by atoms with E-state index in [0.717, 1.165) is 28.3 Å². The molecule has 0 saturated heterocycles. The van der Waals surface area contributed by atoms with E-state index in [9.17, 15) is 0 Å². The lowest BCUT2D eigenvalue weighted by Gasteiger charge is -2.14. The minimum Gasteiger partial charge on any atom is -0.493 e. The molecule has 3 heteroatoms. The van der Waals surface area contributed by atoms with Crippen LogP contribution in [0.3, 0.4) is 0 Å². The number of hydrogen-bond donors (Lipinski definition) is 1. The molecule has 1 aliphatic carbocycles. The smallest absolute Gasteiger partial charge is 0.124 e. The standard InChI is InChI=1S/C13H18BrNO/c1-9(15)12-8-11(14)4-5-13(12)16-7-6-10-2-3-10/h4-5,8-10H,2-3,6-7,15H2,1H3/t9-/m1/s1. The second-order valence-electron chi connectivity index (χ2n) is 4.55. The summed E-state index contributed by atoms with van der Waals surface area (Å²) in [6, 6.07) is 6.04. The molecular weight excluding hydrogens is 266 g/mol. The Morgan fingerprint density at radius 2 is 2.25 bits per heavy atom. The molecule has 0 spiro atoms. The summed E-state index contributed by atoms with van der Waals surface area (Å²) in [7, 11) is 0. The molecule has 1 atom stereocenters. The molecule has 2 N–H and O–H groups in total. The summed E-state index contributed by atoms with van der Waals surface area (Å²) >= 11 is 3.45. The number of rotatable bonds is 5. The molecule has 1 saturated carbocycles. The molecular formula is C13H18BrNO. The van der Waals surface area contributed by atoms with E-state index in [-0.39, 0.29) is 6.04 Å². The van der Waals surface area contributed by atoms with E-state index in [4.69, 9.17) is 10.5 Å². The van der Waals surface area contributed by atoms with Crippen LogP contribution in [0.1, 0.15) is 37.8 Å². The van der Waals surface area contributed by atoms with Gasteiger partial charge in [-0.15, -0.1) is 0 Å². The van der Waals surface area contributed by atoms with Crippen LogP contribution in [0.2, 0.25) is 0 Å². The highest BCUT2D eigenvalue weighted by Crippen LogP contribution is 2.33. The summed E-state index contributed by atoms with van der Waals surface area (Å²) in [5, 5.41) is 0. The third-order valence-corrected chi connectivity index (χ3v) is 3.44. The largest absolute Gasteiger partial charge is 0.493 e. The molecule has 0 aromatic heterocycles. The summed E-state index contributed by atoms with van der Waals surface area (Å²) in [5.74, 6) is 1.84. The second kappa shape index (κ2) is 5.19. The molecule has 1 aliphatic rings. The van der Waals surface area contributed by atoms with Crippen LogP contribution < -0.4 is 10.5 Å². The van der Waals surface area contributed by atoms with Crippen LogP contribution in [0.5, 0.6) is 5.75 Å². The van der Waals surface area contributed by atoms with Crippen LogP contribution >= 0.6 is 15.9 Å². The van der Waals surface area contributed by atoms with Crippen molar-refractivity contribution in [3.63, 3.8) is 0 Å². The van der Waals surface area contributed by atoms with Gasteiger partial charge in [0.1, 0.15) is 5.75 Å². The quantitative estimate of drug-likeness (QED) is 0.895. The van der Waals surface area contributed by atoms with Gasteiger partial charge in [0.2, 0.25) is 0 Å². The Kier molecular flexibility index (Phi) is 3.87. The number of benzene rings is 1. The van der Waals surface area contributed by atoms with Gasteiger partial charge in [0.05, 0.1) is 6.61 Å². The average Bonchev–Trinajstić information content (AvgIpc) is 3.04. The van der Waals surface area contributed by atoms with Crippen molar-refractivity contribution in [1.29, 1.82) is 0 Å². The van der Waals surface area contributed by atoms with Gasteiger partial charge < -0.3 is 10.5 Å². The molecule has 1 aromatic carbocycles. The SMILES string of the molecule is C[C@@H](N)c1cc(Br)ccc1OCCC1CC1. The van der Waals surface area contributed by atoms with Crippen molar-refractivity contribution in [3.8, 4) is 5.75 Å². The fourth-order valence-corrected chi connectivity index (χ4v) is 2.13. The predicted molar refractivity (Wildman–Crippen MR) is 69.6 cm³/mol. The molecule has 2 nitrogen and oxygen atoms in total.